The summed E-state index contributed by atoms with van der Waals surface area (Å²) in [5.41, 5.74) is 1.19. The summed E-state index contributed by atoms with van der Waals surface area (Å²) in [7, 11) is -2.06. The van der Waals surface area contributed by atoms with Crippen molar-refractivity contribution in [3.63, 3.8) is 0 Å². The molecule has 1 aromatic heterocycles. The van der Waals surface area contributed by atoms with Crippen LogP contribution in [0.1, 0.15) is 54.4 Å². The Hall–Kier alpha value is -2.78. The second-order valence-electron chi connectivity index (χ2n) is 7.98. The maximum absolute atomic E-state index is 13.0. The molecule has 0 atom stereocenters. The van der Waals surface area contributed by atoms with Gasteiger partial charge in [0.05, 0.1) is 4.90 Å². The fourth-order valence-electron chi connectivity index (χ4n) is 3.79. The second-order valence-corrected chi connectivity index (χ2v) is 9.98. The number of sulfonamides is 1. The van der Waals surface area contributed by atoms with Crippen molar-refractivity contribution < 1.29 is 18.0 Å². The van der Waals surface area contributed by atoms with E-state index in [1.807, 2.05) is 12.1 Å². The summed E-state index contributed by atoms with van der Waals surface area (Å²) in [6, 6.07) is 9.67. The molecule has 9 heteroatoms. The highest BCUT2D eigenvalue weighted by molar-refractivity contribution is 7.89. The van der Waals surface area contributed by atoms with Crippen molar-refractivity contribution in [2.75, 3.05) is 13.6 Å². The Balaban J connectivity index is 1.52. The van der Waals surface area contributed by atoms with Gasteiger partial charge in [-0.05, 0) is 48.7 Å². The molecule has 8 nitrogen and oxygen atoms in total. The van der Waals surface area contributed by atoms with Crippen LogP contribution >= 0.6 is 0 Å². The van der Waals surface area contributed by atoms with Crippen molar-refractivity contribution in [3.05, 3.63) is 59.9 Å². The number of amides is 2. The number of nitrogens with zero attached hydrogens (tertiary/aromatic N) is 2. The summed E-state index contributed by atoms with van der Waals surface area (Å²) in [6.07, 6.45) is 8.36. The molecule has 0 radical (unpaired) electrons. The molecule has 0 saturated heterocycles. The van der Waals surface area contributed by atoms with Crippen LogP contribution in [0.5, 0.6) is 0 Å². The van der Waals surface area contributed by atoms with Gasteiger partial charge in [-0.2, -0.15) is 4.31 Å². The second kappa shape index (κ2) is 11.2. The van der Waals surface area contributed by atoms with E-state index in [1.54, 1.807) is 31.6 Å². The Morgan fingerprint density at radius 2 is 1.78 bits per heavy atom. The first-order chi connectivity index (χ1) is 15.4. The average Bonchev–Trinajstić information content (AvgIpc) is 2.83. The number of carbonyl (C=O) groups is 2. The molecule has 1 fully saturated rings. The zero-order valence-electron chi connectivity index (χ0n) is 18.3. The van der Waals surface area contributed by atoms with Crippen molar-refractivity contribution in [1.82, 2.24) is 19.9 Å². The predicted molar refractivity (Wildman–Crippen MR) is 121 cm³/mol. The number of benzene rings is 1. The SMILES string of the molecule is CN(C1CCCCC1)S(=O)(=O)c1cccc(C(=O)NCCC(=O)NCc2ccncc2)c1. The molecule has 3 rings (SSSR count). The van der Waals surface area contributed by atoms with Gasteiger partial charge in [0, 0.05) is 50.6 Å². The molecule has 1 heterocycles. The smallest absolute Gasteiger partial charge is 0.251 e. The third kappa shape index (κ3) is 6.37. The van der Waals surface area contributed by atoms with Crippen LogP contribution in [0, 0.1) is 0 Å². The molecule has 0 aliphatic heterocycles. The number of pyridine rings is 1. The normalized spacial score (nSPS) is 14.8. The molecule has 0 bridgehead atoms. The third-order valence-electron chi connectivity index (χ3n) is 5.74. The molecule has 0 spiro atoms. The monoisotopic (exact) mass is 458 g/mol. The maximum Gasteiger partial charge on any atom is 0.251 e. The van der Waals surface area contributed by atoms with Gasteiger partial charge in [-0.3, -0.25) is 14.6 Å². The molecule has 2 aromatic rings. The fraction of sp³-hybridized carbons (Fsp3) is 0.435. The van der Waals surface area contributed by atoms with E-state index in [1.165, 1.54) is 16.4 Å². The van der Waals surface area contributed by atoms with Crippen LogP contribution in [0.15, 0.2) is 53.7 Å². The van der Waals surface area contributed by atoms with Gasteiger partial charge in [0.25, 0.3) is 5.91 Å². The summed E-state index contributed by atoms with van der Waals surface area (Å²) in [6.45, 7) is 0.545. The van der Waals surface area contributed by atoms with Gasteiger partial charge in [-0.15, -0.1) is 0 Å². The summed E-state index contributed by atoms with van der Waals surface area (Å²) in [5, 5.41) is 5.46. The van der Waals surface area contributed by atoms with Gasteiger partial charge >= 0.3 is 0 Å². The molecule has 1 saturated carbocycles. The first-order valence-electron chi connectivity index (χ1n) is 10.9. The van der Waals surface area contributed by atoms with Crippen molar-refractivity contribution in [3.8, 4) is 0 Å². The Kier molecular flexibility index (Phi) is 8.35. The van der Waals surface area contributed by atoms with Crippen LogP contribution in [0.3, 0.4) is 0 Å². The number of rotatable bonds is 9. The molecule has 2 amide bonds. The Morgan fingerprint density at radius 3 is 2.50 bits per heavy atom. The van der Waals surface area contributed by atoms with Crippen LogP contribution in [0.2, 0.25) is 0 Å². The minimum atomic E-state index is -3.68. The van der Waals surface area contributed by atoms with Gasteiger partial charge < -0.3 is 10.6 Å². The van der Waals surface area contributed by atoms with Gasteiger partial charge in [0.2, 0.25) is 15.9 Å². The molecule has 1 aliphatic rings. The lowest BCUT2D eigenvalue weighted by Gasteiger charge is -2.30. The number of hydrogen-bond acceptors (Lipinski definition) is 5. The molecular weight excluding hydrogens is 428 g/mol. The fourth-order valence-corrected chi connectivity index (χ4v) is 5.25. The van der Waals surface area contributed by atoms with Crippen molar-refractivity contribution in [1.29, 1.82) is 0 Å². The van der Waals surface area contributed by atoms with Gasteiger partial charge in [-0.25, -0.2) is 8.42 Å². The van der Waals surface area contributed by atoms with E-state index in [4.69, 9.17) is 0 Å². The molecular formula is C23H30N4O4S. The van der Waals surface area contributed by atoms with Crippen molar-refractivity contribution in [2.24, 2.45) is 0 Å². The van der Waals surface area contributed by atoms with Crippen LogP contribution < -0.4 is 10.6 Å². The average molecular weight is 459 g/mol. The number of aromatic nitrogens is 1. The minimum absolute atomic E-state index is 0.00288. The molecule has 172 valence electrons. The quantitative estimate of drug-likeness (QED) is 0.600. The summed E-state index contributed by atoms with van der Waals surface area (Å²) >= 11 is 0. The van der Waals surface area contributed by atoms with E-state index in [9.17, 15) is 18.0 Å². The molecule has 2 N–H and O–H groups in total. The number of hydrogen-bond donors (Lipinski definition) is 2. The largest absolute Gasteiger partial charge is 0.352 e. The highest BCUT2D eigenvalue weighted by Gasteiger charge is 2.29. The van der Waals surface area contributed by atoms with Gasteiger partial charge in [-0.1, -0.05) is 25.3 Å². The standard InChI is InChI=1S/C23H30N4O4S/c1-27(20-7-3-2-4-8-20)32(30,31)21-9-5-6-19(16-21)23(29)25-15-12-22(28)26-17-18-10-13-24-14-11-18/h5-6,9-11,13-14,16,20H,2-4,7-8,12,15,17H2,1H3,(H,25,29)(H,26,28). The molecule has 1 aliphatic carbocycles. The topological polar surface area (TPSA) is 108 Å². The first-order valence-corrected chi connectivity index (χ1v) is 12.3. The lowest BCUT2D eigenvalue weighted by atomic mass is 9.96. The Labute approximate surface area is 189 Å². The molecule has 1 aromatic carbocycles. The third-order valence-corrected chi connectivity index (χ3v) is 7.64. The highest BCUT2D eigenvalue weighted by atomic mass is 32.2. The van der Waals surface area contributed by atoms with Gasteiger partial charge in [0.15, 0.2) is 0 Å². The van der Waals surface area contributed by atoms with E-state index in [0.29, 0.717) is 6.54 Å². The summed E-state index contributed by atoms with van der Waals surface area (Å²) in [4.78, 5) is 28.5. The zero-order chi connectivity index (χ0) is 23.0. The van der Waals surface area contributed by atoms with E-state index in [-0.39, 0.29) is 35.4 Å². The zero-order valence-corrected chi connectivity index (χ0v) is 19.1. The maximum atomic E-state index is 13.0. The molecule has 0 unspecified atom stereocenters. The summed E-state index contributed by atoms with van der Waals surface area (Å²) in [5.74, 6) is -0.600. The van der Waals surface area contributed by atoms with Crippen LogP contribution in [0.4, 0.5) is 0 Å². The first kappa shape index (κ1) is 23.9. The van der Waals surface area contributed by atoms with Crippen LogP contribution in [-0.4, -0.2) is 49.2 Å². The molecule has 32 heavy (non-hydrogen) atoms. The summed E-state index contributed by atoms with van der Waals surface area (Å²) < 4.78 is 27.5. The van der Waals surface area contributed by atoms with E-state index in [2.05, 4.69) is 15.6 Å². The van der Waals surface area contributed by atoms with E-state index < -0.39 is 15.9 Å². The highest BCUT2D eigenvalue weighted by Crippen LogP contribution is 2.26. The van der Waals surface area contributed by atoms with Crippen LogP contribution in [0.25, 0.3) is 0 Å². The lowest BCUT2D eigenvalue weighted by molar-refractivity contribution is -0.121. The predicted octanol–water partition coefficient (Wildman–Crippen LogP) is 2.47. The van der Waals surface area contributed by atoms with Crippen molar-refractivity contribution in [2.45, 2.75) is 56.0 Å². The van der Waals surface area contributed by atoms with Gasteiger partial charge in [0.1, 0.15) is 0 Å². The van der Waals surface area contributed by atoms with E-state index in [0.717, 1.165) is 37.7 Å². The van der Waals surface area contributed by atoms with Crippen molar-refractivity contribution >= 4 is 21.8 Å². The Bertz CT molecular complexity index is 1020. The minimum Gasteiger partial charge on any atom is -0.352 e. The Morgan fingerprint density at radius 1 is 1.06 bits per heavy atom. The van der Waals surface area contributed by atoms with Crippen LogP contribution in [-0.2, 0) is 21.4 Å². The number of carbonyl (C=O) groups excluding carboxylic acids is 2. The number of nitrogens with one attached hydrogen (secondary N) is 2. The van der Waals surface area contributed by atoms with E-state index >= 15 is 0 Å². The lowest BCUT2D eigenvalue weighted by Crippen LogP contribution is -2.38.